The van der Waals surface area contributed by atoms with Crippen LogP contribution < -0.4 is 15.4 Å². The number of rotatable bonds is 3. The highest BCUT2D eigenvalue weighted by atomic mass is 16.5. The summed E-state index contributed by atoms with van der Waals surface area (Å²) in [5.74, 6) is 1.77. The number of nitrogens with one attached hydrogen (secondary N) is 2. The van der Waals surface area contributed by atoms with Gasteiger partial charge in [0.25, 0.3) is 5.91 Å². The zero-order valence-corrected chi connectivity index (χ0v) is 10.8. The van der Waals surface area contributed by atoms with E-state index in [1.165, 1.54) is 12.8 Å². The Kier molecular flexibility index (Phi) is 2.52. The van der Waals surface area contributed by atoms with E-state index in [2.05, 4.69) is 10.6 Å². The summed E-state index contributed by atoms with van der Waals surface area (Å²) in [4.78, 5) is 12.3. The van der Waals surface area contributed by atoms with Gasteiger partial charge in [0, 0.05) is 36.2 Å². The molecular formula is C15H18N2O2. The molecule has 1 aliphatic carbocycles. The second-order valence-corrected chi connectivity index (χ2v) is 5.79. The Balaban J connectivity index is 1.41. The van der Waals surface area contributed by atoms with E-state index in [-0.39, 0.29) is 5.91 Å². The largest absolute Gasteiger partial charge is 0.493 e. The van der Waals surface area contributed by atoms with Crippen molar-refractivity contribution in [1.82, 2.24) is 10.6 Å². The van der Waals surface area contributed by atoms with Gasteiger partial charge in [-0.2, -0.15) is 0 Å². The normalized spacial score (nSPS) is 30.4. The van der Waals surface area contributed by atoms with Gasteiger partial charge in [0.1, 0.15) is 5.75 Å². The number of piperidine rings is 1. The Morgan fingerprint density at radius 3 is 3.21 bits per heavy atom. The van der Waals surface area contributed by atoms with Crippen LogP contribution >= 0.6 is 0 Å². The van der Waals surface area contributed by atoms with Gasteiger partial charge < -0.3 is 15.4 Å². The molecular weight excluding hydrogens is 240 g/mol. The maximum atomic E-state index is 12.3. The third kappa shape index (κ3) is 2.00. The lowest BCUT2D eigenvalue weighted by atomic mass is 10.0. The monoisotopic (exact) mass is 258 g/mol. The molecule has 4 rings (SSSR count). The molecule has 3 atom stereocenters. The molecule has 4 nitrogen and oxygen atoms in total. The number of amides is 1. The molecule has 0 bridgehead atoms. The van der Waals surface area contributed by atoms with Crippen molar-refractivity contribution in [1.29, 1.82) is 0 Å². The molecule has 1 saturated carbocycles. The molecule has 0 aromatic heterocycles. The van der Waals surface area contributed by atoms with Gasteiger partial charge in [-0.25, -0.2) is 0 Å². The van der Waals surface area contributed by atoms with Crippen LogP contribution in [0.15, 0.2) is 18.2 Å². The fourth-order valence-electron chi connectivity index (χ4n) is 3.34. The van der Waals surface area contributed by atoms with Crippen LogP contribution in [-0.4, -0.2) is 31.1 Å². The molecule has 0 radical (unpaired) electrons. The number of ether oxygens (including phenoxy) is 1. The molecule has 0 spiro atoms. The Morgan fingerprint density at radius 1 is 1.42 bits per heavy atom. The highest BCUT2D eigenvalue weighted by Crippen LogP contribution is 2.40. The molecule has 3 aliphatic rings. The average Bonchev–Trinajstić information content (AvgIpc) is 2.87. The molecule has 2 heterocycles. The quantitative estimate of drug-likeness (QED) is 0.853. The number of carbonyl (C=O) groups is 1. The maximum Gasteiger partial charge on any atom is 0.251 e. The average molecular weight is 258 g/mol. The number of carbonyl (C=O) groups excluding carboxylic acids is 1. The van der Waals surface area contributed by atoms with Crippen LogP contribution in [0.4, 0.5) is 0 Å². The first kappa shape index (κ1) is 11.3. The van der Waals surface area contributed by atoms with E-state index < -0.39 is 0 Å². The van der Waals surface area contributed by atoms with Crippen LogP contribution in [0.3, 0.4) is 0 Å². The summed E-state index contributed by atoms with van der Waals surface area (Å²) in [6, 6.07) is 6.91. The van der Waals surface area contributed by atoms with Crippen LogP contribution in [0.25, 0.3) is 0 Å². The number of fused-ring (bicyclic) bond motifs is 2. The van der Waals surface area contributed by atoms with Crippen molar-refractivity contribution >= 4 is 5.91 Å². The maximum absolute atomic E-state index is 12.3. The summed E-state index contributed by atoms with van der Waals surface area (Å²) in [5, 5.41) is 6.60. The molecule has 2 N–H and O–H groups in total. The van der Waals surface area contributed by atoms with Crippen molar-refractivity contribution < 1.29 is 9.53 Å². The summed E-state index contributed by atoms with van der Waals surface area (Å²) in [5.41, 5.74) is 1.83. The van der Waals surface area contributed by atoms with Gasteiger partial charge in [-0.15, -0.1) is 0 Å². The summed E-state index contributed by atoms with van der Waals surface area (Å²) >= 11 is 0. The minimum absolute atomic E-state index is 0.0322. The van der Waals surface area contributed by atoms with Crippen molar-refractivity contribution in [2.75, 3.05) is 13.2 Å². The van der Waals surface area contributed by atoms with E-state index in [1.54, 1.807) is 0 Å². The van der Waals surface area contributed by atoms with E-state index in [9.17, 15) is 4.79 Å². The zero-order valence-electron chi connectivity index (χ0n) is 10.8. The van der Waals surface area contributed by atoms with Crippen molar-refractivity contribution in [3.05, 3.63) is 29.3 Å². The number of hydrogen-bond acceptors (Lipinski definition) is 3. The topological polar surface area (TPSA) is 50.4 Å². The van der Waals surface area contributed by atoms with E-state index in [4.69, 9.17) is 4.74 Å². The van der Waals surface area contributed by atoms with Gasteiger partial charge in [0.15, 0.2) is 0 Å². The molecule has 1 aromatic carbocycles. The van der Waals surface area contributed by atoms with E-state index >= 15 is 0 Å². The van der Waals surface area contributed by atoms with Crippen LogP contribution in [0, 0.1) is 5.92 Å². The minimum atomic E-state index is 0.0322. The zero-order chi connectivity index (χ0) is 12.8. The lowest BCUT2D eigenvalue weighted by Gasteiger charge is -2.14. The van der Waals surface area contributed by atoms with Crippen LogP contribution in [0.2, 0.25) is 0 Å². The first-order chi connectivity index (χ1) is 9.31. The lowest BCUT2D eigenvalue weighted by Crippen LogP contribution is -2.39. The highest BCUT2D eigenvalue weighted by molar-refractivity contribution is 5.96. The summed E-state index contributed by atoms with van der Waals surface area (Å²) < 4.78 is 5.49. The molecule has 2 fully saturated rings. The number of benzene rings is 1. The van der Waals surface area contributed by atoms with Gasteiger partial charge in [0.05, 0.1) is 6.61 Å². The molecule has 19 heavy (non-hydrogen) atoms. The Hall–Kier alpha value is -1.55. The second-order valence-electron chi connectivity index (χ2n) is 5.79. The molecule has 1 saturated heterocycles. The van der Waals surface area contributed by atoms with Crippen molar-refractivity contribution in [2.24, 2.45) is 5.92 Å². The van der Waals surface area contributed by atoms with Gasteiger partial charge in [-0.3, -0.25) is 4.79 Å². The first-order valence-corrected chi connectivity index (χ1v) is 7.10. The van der Waals surface area contributed by atoms with Crippen LogP contribution in [0.1, 0.15) is 28.8 Å². The molecule has 2 aliphatic heterocycles. The van der Waals surface area contributed by atoms with Crippen molar-refractivity contribution in [2.45, 2.75) is 31.3 Å². The SMILES string of the molecule is O=C(NC[C@@H]1C[C@@H]2C[C@@H]2N1)c1cccc2c1CCO2. The smallest absolute Gasteiger partial charge is 0.251 e. The van der Waals surface area contributed by atoms with Gasteiger partial charge >= 0.3 is 0 Å². The van der Waals surface area contributed by atoms with E-state index in [0.717, 1.165) is 41.8 Å². The predicted molar refractivity (Wildman–Crippen MR) is 71.4 cm³/mol. The standard InChI is InChI=1S/C15H18N2O2/c18-15(16-8-10-6-9-7-13(9)17-10)12-2-1-3-14-11(12)4-5-19-14/h1-3,9-10,13,17H,4-8H2,(H,16,18)/t9-,10+,13+/m1/s1. The lowest BCUT2D eigenvalue weighted by molar-refractivity contribution is 0.0949. The third-order valence-corrected chi connectivity index (χ3v) is 4.46. The molecule has 1 aromatic rings. The third-order valence-electron chi connectivity index (χ3n) is 4.46. The van der Waals surface area contributed by atoms with Crippen LogP contribution in [0.5, 0.6) is 5.75 Å². The fourth-order valence-corrected chi connectivity index (χ4v) is 3.34. The van der Waals surface area contributed by atoms with Gasteiger partial charge in [-0.1, -0.05) is 6.07 Å². The van der Waals surface area contributed by atoms with Crippen molar-refractivity contribution in [3.63, 3.8) is 0 Å². The first-order valence-electron chi connectivity index (χ1n) is 7.10. The highest BCUT2D eigenvalue weighted by Gasteiger charge is 2.45. The molecule has 100 valence electrons. The summed E-state index contributed by atoms with van der Waals surface area (Å²) in [7, 11) is 0. The minimum Gasteiger partial charge on any atom is -0.493 e. The summed E-state index contributed by atoms with van der Waals surface area (Å²) in [6.07, 6.45) is 3.37. The Labute approximate surface area is 112 Å². The van der Waals surface area contributed by atoms with Crippen molar-refractivity contribution in [3.8, 4) is 5.75 Å². The fraction of sp³-hybridized carbons (Fsp3) is 0.533. The molecule has 0 unspecified atom stereocenters. The van der Waals surface area contributed by atoms with E-state index in [1.807, 2.05) is 18.2 Å². The number of hydrogen-bond donors (Lipinski definition) is 2. The molecule has 1 amide bonds. The van der Waals surface area contributed by atoms with Crippen LogP contribution in [-0.2, 0) is 6.42 Å². The Morgan fingerprint density at radius 2 is 2.37 bits per heavy atom. The Bertz CT molecular complexity index is 519. The summed E-state index contributed by atoms with van der Waals surface area (Å²) in [6.45, 7) is 1.42. The molecule has 4 heteroatoms. The van der Waals surface area contributed by atoms with Gasteiger partial charge in [-0.05, 0) is 30.9 Å². The van der Waals surface area contributed by atoms with Gasteiger partial charge in [0.2, 0.25) is 0 Å². The predicted octanol–water partition coefficient (Wildman–Crippen LogP) is 1.10. The second kappa shape index (κ2) is 4.23. The van der Waals surface area contributed by atoms with E-state index in [0.29, 0.717) is 12.6 Å².